The molecule has 1 atom stereocenters. The molecule has 4 nitrogen and oxygen atoms in total. The van der Waals surface area contributed by atoms with E-state index in [2.05, 4.69) is 10.6 Å². The van der Waals surface area contributed by atoms with Crippen molar-refractivity contribution in [2.75, 3.05) is 0 Å². The highest BCUT2D eigenvalue weighted by atomic mass is 32.1. The molecular weight excluding hydrogens is 332 g/mol. The van der Waals surface area contributed by atoms with Gasteiger partial charge in [-0.05, 0) is 29.9 Å². The molecule has 1 aromatic carbocycles. The molecule has 0 spiro atoms. The van der Waals surface area contributed by atoms with Gasteiger partial charge in [0.05, 0.1) is 4.88 Å². The van der Waals surface area contributed by atoms with E-state index in [1.807, 2.05) is 41.8 Å². The summed E-state index contributed by atoms with van der Waals surface area (Å²) in [7, 11) is 0. The maximum atomic E-state index is 12.8. The molecule has 2 aromatic rings. The smallest absolute Gasteiger partial charge is 0.262 e. The second-order valence-electron chi connectivity index (χ2n) is 6.54. The fourth-order valence-corrected chi connectivity index (χ4v) is 3.87. The van der Waals surface area contributed by atoms with Gasteiger partial charge in [0.15, 0.2) is 0 Å². The number of thiophene rings is 1. The zero-order chi connectivity index (χ0) is 17.5. The van der Waals surface area contributed by atoms with Crippen molar-refractivity contribution in [3.05, 3.63) is 58.3 Å². The largest absolute Gasteiger partial charge is 0.352 e. The van der Waals surface area contributed by atoms with Crippen LogP contribution in [0.2, 0.25) is 0 Å². The molecule has 1 aliphatic carbocycles. The molecule has 2 N–H and O–H groups in total. The third-order valence-corrected chi connectivity index (χ3v) is 5.47. The highest BCUT2D eigenvalue weighted by Gasteiger charge is 2.25. The van der Waals surface area contributed by atoms with Gasteiger partial charge in [-0.1, -0.05) is 55.7 Å². The average molecular weight is 356 g/mol. The first-order valence-corrected chi connectivity index (χ1v) is 9.79. The van der Waals surface area contributed by atoms with Crippen molar-refractivity contribution in [1.82, 2.24) is 10.6 Å². The zero-order valence-electron chi connectivity index (χ0n) is 14.2. The lowest BCUT2D eigenvalue weighted by atomic mass is 9.95. The van der Waals surface area contributed by atoms with E-state index in [4.69, 9.17) is 0 Å². The van der Waals surface area contributed by atoms with Gasteiger partial charge in [0.1, 0.15) is 6.04 Å². The first-order chi connectivity index (χ1) is 12.2. The van der Waals surface area contributed by atoms with E-state index in [9.17, 15) is 9.59 Å². The van der Waals surface area contributed by atoms with Crippen LogP contribution in [0.1, 0.15) is 47.3 Å². The molecule has 1 aliphatic rings. The van der Waals surface area contributed by atoms with Gasteiger partial charge in [-0.25, -0.2) is 0 Å². The summed E-state index contributed by atoms with van der Waals surface area (Å²) in [4.78, 5) is 25.8. The van der Waals surface area contributed by atoms with Gasteiger partial charge in [-0.2, -0.15) is 0 Å². The Morgan fingerprint density at radius 3 is 2.48 bits per heavy atom. The molecule has 132 valence electrons. The Hall–Kier alpha value is -2.14. The summed E-state index contributed by atoms with van der Waals surface area (Å²) in [5.41, 5.74) is 1.04. The second kappa shape index (κ2) is 8.81. The van der Waals surface area contributed by atoms with E-state index >= 15 is 0 Å². The van der Waals surface area contributed by atoms with Crippen molar-refractivity contribution >= 4 is 23.2 Å². The molecule has 2 amide bonds. The summed E-state index contributed by atoms with van der Waals surface area (Å²) in [6.07, 6.45) is 6.13. The highest BCUT2D eigenvalue weighted by molar-refractivity contribution is 7.12. The van der Waals surface area contributed by atoms with Crippen LogP contribution in [-0.2, 0) is 11.2 Å². The minimum absolute atomic E-state index is 0.0827. The Balaban J connectivity index is 1.68. The van der Waals surface area contributed by atoms with Crippen molar-refractivity contribution in [2.45, 2.75) is 50.6 Å². The molecule has 1 fully saturated rings. The number of hydrogen-bond donors (Lipinski definition) is 2. The minimum atomic E-state index is -0.557. The number of carbonyl (C=O) groups is 2. The summed E-state index contributed by atoms with van der Waals surface area (Å²) >= 11 is 1.38. The maximum Gasteiger partial charge on any atom is 0.262 e. The summed E-state index contributed by atoms with van der Waals surface area (Å²) in [6, 6.07) is 13.1. The van der Waals surface area contributed by atoms with Crippen LogP contribution in [-0.4, -0.2) is 23.9 Å². The molecule has 0 saturated heterocycles. The predicted molar refractivity (Wildman–Crippen MR) is 101 cm³/mol. The average Bonchev–Trinajstić information content (AvgIpc) is 3.18. The van der Waals surface area contributed by atoms with Gasteiger partial charge in [0.25, 0.3) is 5.91 Å². The van der Waals surface area contributed by atoms with Crippen LogP contribution >= 0.6 is 11.3 Å². The molecule has 25 heavy (non-hydrogen) atoms. The molecule has 1 aromatic heterocycles. The van der Waals surface area contributed by atoms with Crippen molar-refractivity contribution < 1.29 is 9.59 Å². The molecule has 1 heterocycles. The minimum Gasteiger partial charge on any atom is -0.352 e. The van der Waals surface area contributed by atoms with E-state index < -0.39 is 6.04 Å². The van der Waals surface area contributed by atoms with Crippen LogP contribution in [0.4, 0.5) is 0 Å². The highest BCUT2D eigenvalue weighted by Crippen LogP contribution is 2.18. The van der Waals surface area contributed by atoms with Gasteiger partial charge in [0.2, 0.25) is 5.91 Å². The van der Waals surface area contributed by atoms with Crippen molar-refractivity contribution in [2.24, 2.45) is 0 Å². The fourth-order valence-electron chi connectivity index (χ4n) is 3.24. The van der Waals surface area contributed by atoms with Crippen LogP contribution in [0, 0.1) is 0 Å². The Labute approximate surface area is 152 Å². The lowest BCUT2D eigenvalue weighted by Gasteiger charge is -2.26. The van der Waals surface area contributed by atoms with E-state index in [0.29, 0.717) is 11.3 Å². The predicted octanol–water partition coefficient (Wildman–Crippen LogP) is 3.54. The van der Waals surface area contributed by atoms with Crippen LogP contribution < -0.4 is 10.6 Å². The molecule has 0 aliphatic heterocycles. The first kappa shape index (κ1) is 17.7. The number of nitrogens with one attached hydrogen (secondary N) is 2. The zero-order valence-corrected chi connectivity index (χ0v) is 15.1. The van der Waals surface area contributed by atoms with Crippen LogP contribution in [0.5, 0.6) is 0 Å². The number of benzene rings is 1. The Bertz CT molecular complexity index is 679. The van der Waals surface area contributed by atoms with Crippen LogP contribution in [0.25, 0.3) is 0 Å². The number of hydrogen-bond acceptors (Lipinski definition) is 3. The summed E-state index contributed by atoms with van der Waals surface area (Å²) in [5.74, 6) is -0.268. The monoisotopic (exact) mass is 356 g/mol. The van der Waals surface area contributed by atoms with Crippen molar-refractivity contribution in [1.29, 1.82) is 0 Å². The summed E-state index contributed by atoms with van der Waals surface area (Å²) < 4.78 is 0. The Kier molecular flexibility index (Phi) is 6.23. The first-order valence-electron chi connectivity index (χ1n) is 8.91. The van der Waals surface area contributed by atoms with Crippen molar-refractivity contribution in [3.8, 4) is 0 Å². The molecule has 1 saturated carbocycles. The molecule has 0 bridgehead atoms. The fraction of sp³-hybridized carbons (Fsp3) is 0.400. The van der Waals surface area contributed by atoms with E-state index in [1.54, 1.807) is 6.07 Å². The van der Waals surface area contributed by atoms with Crippen LogP contribution in [0.15, 0.2) is 47.8 Å². The van der Waals surface area contributed by atoms with E-state index in [-0.39, 0.29) is 17.9 Å². The lowest BCUT2D eigenvalue weighted by Crippen LogP contribution is -2.50. The normalized spacial score (nSPS) is 16.2. The van der Waals surface area contributed by atoms with Gasteiger partial charge in [-0.15, -0.1) is 11.3 Å². The van der Waals surface area contributed by atoms with Crippen LogP contribution in [0.3, 0.4) is 0 Å². The topological polar surface area (TPSA) is 58.2 Å². The van der Waals surface area contributed by atoms with Gasteiger partial charge in [0, 0.05) is 12.5 Å². The number of amides is 2. The lowest BCUT2D eigenvalue weighted by molar-refractivity contribution is -0.123. The standard InChI is InChI=1S/C20H24N2O2S/c23-19(21-16-10-5-2-6-11-16)17(14-15-8-3-1-4-9-15)22-20(24)18-12-7-13-25-18/h1,3-4,7-9,12-13,16-17H,2,5-6,10-11,14H2,(H,21,23)(H,22,24). The Morgan fingerprint density at radius 1 is 1.04 bits per heavy atom. The number of carbonyl (C=O) groups excluding carboxylic acids is 2. The van der Waals surface area contributed by atoms with E-state index in [1.165, 1.54) is 17.8 Å². The molecule has 1 unspecified atom stereocenters. The van der Waals surface area contributed by atoms with Gasteiger partial charge in [-0.3, -0.25) is 9.59 Å². The van der Waals surface area contributed by atoms with Gasteiger partial charge >= 0.3 is 0 Å². The second-order valence-corrected chi connectivity index (χ2v) is 7.48. The molecule has 0 radical (unpaired) electrons. The van der Waals surface area contributed by atoms with E-state index in [0.717, 1.165) is 31.2 Å². The quantitative estimate of drug-likeness (QED) is 0.832. The third kappa shape index (κ3) is 5.16. The summed E-state index contributed by atoms with van der Waals surface area (Å²) in [6.45, 7) is 0. The SMILES string of the molecule is O=C(NC(Cc1ccccc1)C(=O)NC1CCCCC1)c1cccs1. The third-order valence-electron chi connectivity index (χ3n) is 4.60. The number of rotatable bonds is 6. The molecule has 3 rings (SSSR count). The molecular formula is C20H24N2O2S. The molecule has 5 heteroatoms. The Morgan fingerprint density at radius 2 is 1.80 bits per heavy atom. The summed E-state index contributed by atoms with van der Waals surface area (Å²) in [5, 5.41) is 7.92. The maximum absolute atomic E-state index is 12.8. The van der Waals surface area contributed by atoms with Crippen molar-refractivity contribution in [3.63, 3.8) is 0 Å². The van der Waals surface area contributed by atoms with Gasteiger partial charge < -0.3 is 10.6 Å².